The lowest BCUT2D eigenvalue weighted by molar-refractivity contribution is 0.0925. The van der Waals surface area contributed by atoms with Gasteiger partial charge in [-0.1, -0.05) is 48.0 Å². The summed E-state index contributed by atoms with van der Waals surface area (Å²) in [4.78, 5) is 22.0. The van der Waals surface area contributed by atoms with E-state index in [1.54, 1.807) is 18.3 Å². The number of benzene rings is 3. The molecule has 0 bridgehead atoms. The first-order valence-corrected chi connectivity index (χ1v) is 10.1. The zero-order chi connectivity index (χ0) is 20.5. The van der Waals surface area contributed by atoms with Crippen LogP contribution in [0.15, 0.2) is 72.9 Å². The summed E-state index contributed by atoms with van der Waals surface area (Å²) in [5.74, 6) is 0.682. The Hall–Kier alpha value is -3.44. The van der Waals surface area contributed by atoms with Gasteiger partial charge in [0.25, 0.3) is 5.91 Å². The highest BCUT2D eigenvalue weighted by molar-refractivity contribution is 6.33. The van der Waals surface area contributed by atoms with E-state index >= 15 is 0 Å². The number of hydrogen-bond acceptors (Lipinski definition) is 4. The molecule has 3 aromatic carbocycles. The molecule has 148 valence electrons. The van der Waals surface area contributed by atoms with Crippen LogP contribution in [0.2, 0.25) is 5.02 Å². The zero-order valence-electron chi connectivity index (χ0n) is 16.0. The van der Waals surface area contributed by atoms with Crippen LogP contribution in [-0.4, -0.2) is 22.5 Å². The lowest BCUT2D eigenvalue weighted by Gasteiger charge is -2.26. The Labute approximate surface area is 178 Å². The maximum absolute atomic E-state index is 12.9. The first-order chi connectivity index (χ1) is 14.7. The van der Waals surface area contributed by atoms with Crippen molar-refractivity contribution in [3.63, 3.8) is 0 Å². The highest BCUT2D eigenvalue weighted by Crippen LogP contribution is 2.32. The zero-order valence-corrected chi connectivity index (χ0v) is 16.8. The van der Waals surface area contributed by atoms with Crippen molar-refractivity contribution >= 4 is 28.5 Å². The molecule has 0 saturated heterocycles. The maximum Gasteiger partial charge on any atom is 0.251 e. The monoisotopic (exact) mass is 415 g/mol. The summed E-state index contributed by atoms with van der Waals surface area (Å²) >= 11 is 6.28. The molecule has 1 N–H and O–H groups in total. The molecule has 1 unspecified atom stereocenters. The van der Waals surface area contributed by atoms with Crippen LogP contribution in [0.5, 0.6) is 5.75 Å². The fourth-order valence-electron chi connectivity index (χ4n) is 3.68. The molecule has 1 amide bonds. The number of nitrogens with zero attached hydrogens (tertiary/aromatic N) is 2. The smallest absolute Gasteiger partial charge is 0.251 e. The van der Waals surface area contributed by atoms with Gasteiger partial charge in [-0.2, -0.15) is 0 Å². The van der Waals surface area contributed by atoms with Crippen molar-refractivity contribution in [3.05, 3.63) is 89.1 Å². The lowest BCUT2D eigenvalue weighted by Crippen LogP contribution is -2.32. The molecule has 0 aliphatic carbocycles. The minimum Gasteiger partial charge on any atom is -0.493 e. The average Bonchev–Trinajstić information content (AvgIpc) is 2.79. The van der Waals surface area contributed by atoms with E-state index in [1.165, 1.54) is 0 Å². The molecule has 0 radical (unpaired) electrons. The Morgan fingerprint density at radius 2 is 1.87 bits per heavy atom. The fourth-order valence-corrected chi connectivity index (χ4v) is 3.92. The molecule has 1 aliphatic rings. The number of ether oxygens (including phenoxy) is 1. The van der Waals surface area contributed by atoms with E-state index < -0.39 is 0 Å². The fraction of sp³-hybridized carbons (Fsp3) is 0.125. The third-order valence-electron chi connectivity index (χ3n) is 5.22. The second-order valence-corrected chi connectivity index (χ2v) is 7.55. The van der Waals surface area contributed by atoms with Gasteiger partial charge >= 0.3 is 0 Å². The SMILES string of the molecule is O=C(NC1CCOc2ccccc21)c1ccc2nc(-c3ccccc3Cl)cnc2c1. The van der Waals surface area contributed by atoms with Crippen LogP contribution in [0.25, 0.3) is 22.3 Å². The molecule has 1 aliphatic heterocycles. The molecule has 2 heterocycles. The first-order valence-electron chi connectivity index (χ1n) is 9.73. The lowest BCUT2D eigenvalue weighted by atomic mass is 10.00. The molecule has 5 rings (SSSR count). The second-order valence-electron chi connectivity index (χ2n) is 7.14. The topological polar surface area (TPSA) is 64.1 Å². The minimum absolute atomic E-state index is 0.0770. The highest BCUT2D eigenvalue weighted by atomic mass is 35.5. The van der Waals surface area contributed by atoms with E-state index in [0.717, 1.165) is 23.3 Å². The third-order valence-corrected chi connectivity index (χ3v) is 5.55. The van der Waals surface area contributed by atoms with Crippen LogP contribution in [-0.2, 0) is 0 Å². The van der Waals surface area contributed by atoms with Crippen molar-refractivity contribution < 1.29 is 9.53 Å². The van der Waals surface area contributed by atoms with Gasteiger partial charge in [0.15, 0.2) is 0 Å². The molecule has 0 fully saturated rings. The summed E-state index contributed by atoms with van der Waals surface area (Å²) in [7, 11) is 0. The van der Waals surface area contributed by atoms with Gasteiger partial charge in [-0.25, -0.2) is 4.98 Å². The Morgan fingerprint density at radius 3 is 2.77 bits per heavy atom. The van der Waals surface area contributed by atoms with Gasteiger partial charge in [-0.05, 0) is 30.3 Å². The van der Waals surface area contributed by atoms with Gasteiger partial charge in [0.05, 0.1) is 40.6 Å². The summed E-state index contributed by atoms with van der Waals surface area (Å²) in [6, 6.07) is 20.6. The van der Waals surface area contributed by atoms with Crippen molar-refractivity contribution in [1.82, 2.24) is 15.3 Å². The van der Waals surface area contributed by atoms with Crippen molar-refractivity contribution in [1.29, 1.82) is 0 Å². The van der Waals surface area contributed by atoms with Crippen molar-refractivity contribution in [2.45, 2.75) is 12.5 Å². The summed E-state index contributed by atoms with van der Waals surface area (Å²) < 4.78 is 5.68. The molecule has 4 aromatic rings. The normalized spacial score (nSPS) is 15.3. The Morgan fingerprint density at radius 1 is 1.03 bits per heavy atom. The van der Waals surface area contributed by atoms with Gasteiger partial charge in [-0.3, -0.25) is 9.78 Å². The number of rotatable bonds is 3. The van der Waals surface area contributed by atoms with Crippen LogP contribution in [0.1, 0.15) is 28.4 Å². The maximum atomic E-state index is 12.9. The number of nitrogens with one attached hydrogen (secondary N) is 1. The van der Waals surface area contributed by atoms with Crippen LogP contribution in [0, 0.1) is 0 Å². The Bertz CT molecular complexity index is 1260. The number of fused-ring (bicyclic) bond motifs is 2. The summed E-state index contributed by atoms with van der Waals surface area (Å²) in [5.41, 5.74) is 4.44. The number of aromatic nitrogens is 2. The number of carbonyl (C=O) groups excluding carboxylic acids is 1. The molecular weight excluding hydrogens is 398 g/mol. The molecule has 0 saturated carbocycles. The van der Waals surface area contributed by atoms with Crippen molar-refractivity contribution in [2.75, 3.05) is 6.61 Å². The number of halogens is 1. The molecule has 30 heavy (non-hydrogen) atoms. The van der Waals surface area contributed by atoms with Crippen LogP contribution in [0.4, 0.5) is 0 Å². The van der Waals surface area contributed by atoms with Gasteiger partial charge in [-0.15, -0.1) is 0 Å². The molecular formula is C24H18ClN3O2. The van der Waals surface area contributed by atoms with Gasteiger partial charge < -0.3 is 10.1 Å². The van der Waals surface area contributed by atoms with Gasteiger partial charge in [0.2, 0.25) is 0 Å². The van der Waals surface area contributed by atoms with Crippen LogP contribution < -0.4 is 10.1 Å². The van der Waals surface area contributed by atoms with Crippen LogP contribution in [0.3, 0.4) is 0 Å². The van der Waals surface area contributed by atoms with E-state index in [-0.39, 0.29) is 11.9 Å². The van der Waals surface area contributed by atoms with E-state index in [1.807, 2.05) is 54.6 Å². The standard InChI is InChI=1S/C24H18ClN3O2/c25-18-7-3-1-5-16(18)22-14-26-21-13-15(9-10-20(21)27-22)24(29)28-19-11-12-30-23-8-4-2-6-17(19)23/h1-10,13-14,19H,11-12H2,(H,28,29). The highest BCUT2D eigenvalue weighted by Gasteiger charge is 2.23. The van der Waals surface area contributed by atoms with E-state index in [4.69, 9.17) is 16.3 Å². The predicted molar refractivity (Wildman–Crippen MR) is 117 cm³/mol. The third kappa shape index (κ3) is 3.48. The number of para-hydroxylation sites is 1. The number of amides is 1. The Kier molecular flexibility index (Phi) is 4.81. The largest absolute Gasteiger partial charge is 0.493 e. The van der Waals surface area contributed by atoms with Gasteiger partial charge in [0.1, 0.15) is 5.75 Å². The quantitative estimate of drug-likeness (QED) is 0.499. The number of hydrogen-bond donors (Lipinski definition) is 1. The van der Waals surface area contributed by atoms with Gasteiger partial charge in [0, 0.05) is 23.1 Å². The minimum atomic E-state index is -0.143. The summed E-state index contributed by atoms with van der Waals surface area (Å²) in [6.45, 7) is 0.579. The molecule has 1 atom stereocenters. The average molecular weight is 416 g/mol. The van der Waals surface area contributed by atoms with E-state index in [2.05, 4.69) is 15.3 Å². The first kappa shape index (κ1) is 18.6. The molecule has 5 nitrogen and oxygen atoms in total. The molecule has 0 spiro atoms. The van der Waals surface area contributed by atoms with Crippen molar-refractivity contribution in [2.24, 2.45) is 0 Å². The second kappa shape index (κ2) is 7.76. The molecule has 6 heteroatoms. The summed E-state index contributed by atoms with van der Waals surface area (Å²) in [6.07, 6.45) is 2.41. The van der Waals surface area contributed by atoms with E-state index in [9.17, 15) is 4.79 Å². The summed E-state index contributed by atoms with van der Waals surface area (Å²) in [5, 5.41) is 3.74. The number of carbonyl (C=O) groups is 1. The molecule has 1 aromatic heterocycles. The van der Waals surface area contributed by atoms with E-state index in [0.29, 0.717) is 33.9 Å². The predicted octanol–water partition coefficient (Wildman–Crippen LogP) is 5.20. The van der Waals surface area contributed by atoms with Crippen LogP contribution >= 0.6 is 11.6 Å². The van der Waals surface area contributed by atoms with Crippen molar-refractivity contribution in [3.8, 4) is 17.0 Å². The Balaban J connectivity index is 1.41.